The van der Waals surface area contributed by atoms with Crippen LogP contribution in [0, 0.1) is 0 Å². The van der Waals surface area contributed by atoms with Gasteiger partial charge in [-0.25, -0.2) is 0 Å². The second kappa shape index (κ2) is 8.08. The van der Waals surface area contributed by atoms with Crippen molar-refractivity contribution >= 4 is 18.0 Å². The van der Waals surface area contributed by atoms with Crippen LogP contribution in [0.2, 0.25) is 0 Å². The van der Waals surface area contributed by atoms with Crippen LogP contribution in [0.4, 0.5) is 0 Å². The van der Waals surface area contributed by atoms with Crippen molar-refractivity contribution in [2.75, 3.05) is 5.75 Å². The molecule has 0 heterocycles. The molecule has 3 unspecified atom stereocenters. The maximum atomic E-state index is 11.1. The van der Waals surface area contributed by atoms with Crippen LogP contribution in [-0.2, 0) is 10.1 Å². The van der Waals surface area contributed by atoms with Crippen LogP contribution in [0.15, 0.2) is 12.2 Å². The van der Waals surface area contributed by atoms with E-state index < -0.39 is 10.1 Å². The van der Waals surface area contributed by atoms with Crippen molar-refractivity contribution < 1.29 is 13.0 Å². The molecular formula is C16H29O3PS. The Kier molecular flexibility index (Phi) is 6.71. The molecule has 3 nitrogen and oxygen atoms in total. The summed E-state index contributed by atoms with van der Waals surface area (Å²) in [5.41, 5.74) is 2.03. The van der Waals surface area contributed by atoms with Crippen LogP contribution in [0.5, 0.6) is 0 Å². The standard InChI is InChI=1S/C16H29O3PS/c1-14(12-13-21(17,18)19)20(15-8-4-2-5-9-15)16-10-6-3-7-11-16/h2,4,14-16H,3,5-13H2,1H3,(H,17,18,19). The largest absolute Gasteiger partial charge is 0.286 e. The molecule has 2 rings (SSSR count). The smallest absolute Gasteiger partial charge is 0.264 e. The van der Waals surface area contributed by atoms with E-state index in [0.29, 0.717) is 12.1 Å². The van der Waals surface area contributed by atoms with Gasteiger partial charge in [0.15, 0.2) is 0 Å². The average Bonchev–Trinajstić information content (AvgIpc) is 2.47. The second-order valence-electron chi connectivity index (χ2n) is 6.60. The summed E-state index contributed by atoms with van der Waals surface area (Å²) in [6.07, 6.45) is 15.6. The van der Waals surface area contributed by atoms with Crippen molar-refractivity contribution in [1.29, 1.82) is 0 Å². The Morgan fingerprint density at radius 2 is 1.86 bits per heavy atom. The van der Waals surface area contributed by atoms with E-state index >= 15 is 0 Å². The zero-order chi connectivity index (χ0) is 15.3. The van der Waals surface area contributed by atoms with Crippen LogP contribution < -0.4 is 0 Å². The summed E-state index contributed by atoms with van der Waals surface area (Å²) < 4.78 is 31.2. The highest BCUT2D eigenvalue weighted by Gasteiger charge is 2.33. The van der Waals surface area contributed by atoms with E-state index in [9.17, 15) is 8.42 Å². The summed E-state index contributed by atoms with van der Waals surface area (Å²) in [5.74, 6) is -0.0672. The lowest BCUT2D eigenvalue weighted by atomic mass is 10.0. The molecule has 0 radical (unpaired) electrons. The lowest BCUT2D eigenvalue weighted by Gasteiger charge is -2.41. The van der Waals surface area contributed by atoms with Gasteiger partial charge in [0.25, 0.3) is 10.1 Å². The molecule has 0 spiro atoms. The fraction of sp³-hybridized carbons (Fsp3) is 0.875. The monoisotopic (exact) mass is 332 g/mol. The highest BCUT2D eigenvalue weighted by Crippen LogP contribution is 2.58. The first-order valence-electron chi connectivity index (χ1n) is 8.35. The highest BCUT2D eigenvalue weighted by molar-refractivity contribution is 7.85. The molecular weight excluding hydrogens is 303 g/mol. The van der Waals surface area contributed by atoms with E-state index in [1.165, 1.54) is 51.4 Å². The minimum atomic E-state index is -3.82. The van der Waals surface area contributed by atoms with E-state index in [1.807, 2.05) is 0 Å². The summed E-state index contributed by atoms with van der Waals surface area (Å²) in [5, 5.41) is 0. The van der Waals surface area contributed by atoms with Gasteiger partial charge in [0.1, 0.15) is 0 Å². The number of hydrogen-bond donors (Lipinski definition) is 1. The first-order valence-corrected chi connectivity index (χ1v) is 11.5. The van der Waals surface area contributed by atoms with Crippen LogP contribution in [0.3, 0.4) is 0 Å². The summed E-state index contributed by atoms with van der Waals surface area (Å²) in [4.78, 5) is 0. The molecule has 0 bridgehead atoms. The number of hydrogen-bond acceptors (Lipinski definition) is 2. The van der Waals surface area contributed by atoms with Crippen molar-refractivity contribution in [1.82, 2.24) is 0 Å². The molecule has 2 aliphatic carbocycles. The van der Waals surface area contributed by atoms with E-state index in [0.717, 1.165) is 11.3 Å². The first-order chi connectivity index (χ1) is 9.97. The van der Waals surface area contributed by atoms with Gasteiger partial charge < -0.3 is 0 Å². The molecule has 2 aliphatic rings. The highest BCUT2D eigenvalue weighted by atomic mass is 32.2. The lowest BCUT2D eigenvalue weighted by molar-refractivity contribution is 0.480. The van der Waals surface area contributed by atoms with E-state index in [4.69, 9.17) is 4.55 Å². The van der Waals surface area contributed by atoms with Gasteiger partial charge in [-0.1, -0.05) is 46.3 Å². The SMILES string of the molecule is CC(CCS(=O)(=O)O)P(C1CC=CCC1)C1CCCCC1. The van der Waals surface area contributed by atoms with Crippen LogP contribution >= 0.6 is 7.92 Å². The Morgan fingerprint density at radius 1 is 1.14 bits per heavy atom. The van der Waals surface area contributed by atoms with Gasteiger partial charge in [0.2, 0.25) is 0 Å². The second-order valence-corrected chi connectivity index (χ2v) is 11.4. The fourth-order valence-electron chi connectivity index (χ4n) is 3.91. The van der Waals surface area contributed by atoms with Crippen LogP contribution in [0.25, 0.3) is 0 Å². The van der Waals surface area contributed by atoms with E-state index in [1.54, 1.807) is 0 Å². The Hall–Kier alpha value is 0.0800. The summed E-state index contributed by atoms with van der Waals surface area (Å²) in [6, 6.07) is 0. The maximum absolute atomic E-state index is 11.1. The summed E-state index contributed by atoms with van der Waals surface area (Å²) in [7, 11) is -3.96. The van der Waals surface area contributed by atoms with Crippen molar-refractivity contribution in [3.63, 3.8) is 0 Å². The Bertz CT molecular complexity index is 440. The lowest BCUT2D eigenvalue weighted by Crippen LogP contribution is -2.26. The summed E-state index contributed by atoms with van der Waals surface area (Å²) in [6.45, 7) is 2.23. The fourth-order valence-corrected chi connectivity index (χ4v) is 8.98. The van der Waals surface area contributed by atoms with Crippen molar-refractivity contribution in [3.05, 3.63) is 12.2 Å². The third-order valence-electron chi connectivity index (χ3n) is 4.96. The third-order valence-corrected chi connectivity index (χ3v) is 9.66. The van der Waals surface area contributed by atoms with Crippen LogP contribution in [-0.4, -0.2) is 35.7 Å². The normalized spacial score (nSPS) is 27.4. The van der Waals surface area contributed by atoms with Gasteiger partial charge in [0.05, 0.1) is 5.75 Å². The molecule has 1 N–H and O–H groups in total. The zero-order valence-corrected chi connectivity index (χ0v) is 14.8. The van der Waals surface area contributed by atoms with E-state index in [-0.39, 0.29) is 13.7 Å². The Balaban J connectivity index is 2.04. The van der Waals surface area contributed by atoms with Crippen molar-refractivity contribution in [2.45, 2.75) is 81.7 Å². The molecule has 0 aromatic rings. The molecule has 5 heteroatoms. The molecule has 0 aromatic heterocycles. The topological polar surface area (TPSA) is 54.4 Å². The van der Waals surface area contributed by atoms with Gasteiger partial charge >= 0.3 is 0 Å². The molecule has 0 amide bonds. The molecule has 3 atom stereocenters. The van der Waals surface area contributed by atoms with Crippen LogP contribution in [0.1, 0.15) is 64.7 Å². The van der Waals surface area contributed by atoms with Crippen molar-refractivity contribution in [3.8, 4) is 0 Å². The molecule has 1 fully saturated rings. The van der Waals surface area contributed by atoms with Gasteiger partial charge in [-0.15, -0.1) is 0 Å². The summed E-state index contributed by atoms with van der Waals surface area (Å²) >= 11 is 0. The Labute approximate surface area is 131 Å². The van der Waals surface area contributed by atoms with Crippen molar-refractivity contribution in [2.24, 2.45) is 0 Å². The molecule has 0 aliphatic heterocycles. The average molecular weight is 332 g/mol. The third kappa shape index (κ3) is 5.65. The maximum Gasteiger partial charge on any atom is 0.264 e. The molecule has 0 saturated heterocycles. The zero-order valence-electron chi connectivity index (χ0n) is 13.1. The molecule has 21 heavy (non-hydrogen) atoms. The first kappa shape index (κ1) is 17.4. The van der Waals surface area contributed by atoms with Gasteiger partial charge in [-0.05, 0) is 55.5 Å². The predicted octanol–water partition coefficient (Wildman–Crippen LogP) is 4.58. The minimum absolute atomic E-state index is 0.0672. The Morgan fingerprint density at radius 3 is 2.43 bits per heavy atom. The number of rotatable bonds is 6. The minimum Gasteiger partial charge on any atom is -0.286 e. The quantitative estimate of drug-likeness (QED) is 0.440. The molecule has 122 valence electrons. The van der Waals surface area contributed by atoms with Gasteiger partial charge in [-0.2, -0.15) is 8.42 Å². The van der Waals surface area contributed by atoms with Gasteiger partial charge in [-0.3, -0.25) is 4.55 Å². The number of allylic oxidation sites excluding steroid dienone is 2. The molecule has 0 aromatic carbocycles. The predicted molar refractivity (Wildman–Crippen MR) is 91.1 cm³/mol. The van der Waals surface area contributed by atoms with E-state index in [2.05, 4.69) is 19.1 Å². The molecule has 1 saturated carbocycles. The van der Waals surface area contributed by atoms with Gasteiger partial charge in [0, 0.05) is 0 Å².